The fourth-order valence-corrected chi connectivity index (χ4v) is 3.15. The van der Waals surface area contributed by atoms with E-state index in [0.29, 0.717) is 11.7 Å². The summed E-state index contributed by atoms with van der Waals surface area (Å²) in [7, 11) is 0. The molecule has 2 rings (SSSR count). The largest absolute Gasteiger partial charge is 0.299 e. The van der Waals surface area contributed by atoms with E-state index >= 15 is 0 Å². The second kappa shape index (κ2) is 6.72. The van der Waals surface area contributed by atoms with Gasteiger partial charge in [0.25, 0.3) is 0 Å². The van der Waals surface area contributed by atoms with Crippen molar-refractivity contribution in [1.82, 2.24) is 0 Å². The fraction of sp³-hybridized carbons (Fsp3) is 0.588. The Morgan fingerprint density at radius 3 is 2.44 bits per heavy atom. The summed E-state index contributed by atoms with van der Waals surface area (Å²) >= 11 is 0. The summed E-state index contributed by atoms with van der Waals surface area (Å²) in [5, 5.41) is 0. The number of Topliss-reactive ketones (excluding diaryl/α,β-unsaturated/α-hetero) is 1. The summed E-state index contributed by atoms with van der Waals surface area (Å²) in [5.74, 6) is 1.23. The SMILES string of the molecule is CCC(C(=O)CC1CCCCC1)c1ccccc1. The molecule has 1 unspecified atom stereocenters. The number of carbonyl (C=O) groups is 1. The summed E-state index contributed by atoms with van der Waals surface area (Å²) in [6.07, 6.45) is 8.25. The quantitative estimate of drug-likeness (QED) is 0.732. The maximum atomic E-state index is 12.4. The van der Waals surface area contributed by atoms with Crippen LogP contribution in [-0.4, -0.2) is 5.78 Å². The zero-order valence-electron chi connectivity index (χ0n) is 11.4. The Morgan fingerprint density at radius 2 is 1.83 bits per heavy atom. The predicted molar refractivity (Wildman–Crippen MR) is 75.7 cm³/mol. The van der Waals surface area contributed by atoms with Crippen molar-refractivity contribution in [2.75, 3.05) is 0 Å². The molecule has 0 amide bonds. The van der Waals surface area contributed by atoms with Crippen molar-refractivity contribution in [3.63, 3.8) is 0 Å². The van der Waals surface area contributed by atoms with E-state index in [1.807, 2.05) is 18.2 Å². The van der Waals surface area contributed by atoms with Gasteiger partial charge in [-0.1, -0.05) is 69.4 Å². The van der Waals surface area contributed by atoms with E-state index in [-0.39, 0.29) is 5.92 Å². The summed E-state index contributed by atoms with van der Waals surface area (Å²) in [4.78, 5) is 12.4. The first kappa shape index (κ1) is 13.3. The molecule has 98 valence electrons. The Hall–Kier alpha value is -1.11. The predicted octanol–water partition coefficient (Wildman–Crippen LogP) is 4.72. The molecule has 1 fully saturated rings. The number of rotatable bonds is 5. The number of benzene rings is 1. The summed E-state index contributed by atoms with van der Waals surface area (Å²) in [5.41, 5.74) is 1.20. The third kappa shape index (κ3) is 3.44. The van der Waals surface area contributed by atoms with E-state index in [1.54, 1.807) is 0 Å². The van der Waals surface area contributed by atoms with Crippen LogP contribution in [-0.2, 0) is 4.79 Å². The molecule has 0 N–H and O–H groups in total. The molecule has 0 aliphatic heterocycles. The first-order valence-corrected chi connectivity index (χ1v) is 7.39. The number of ketones is 1. The van der Waals surface area contributed by atoms with Crippen molar-refractivity contribution >= 4 is 5.78 Å². The van der Waals surface area contributed by atoms with E-state index in [9.17, 15) is 4.79 Å². The smallest absolute Gasteiger partial charge is 0.140 e. The van der Waals surface area contributed by atoms with Gasteiger partial charge in [-0.3, -0.25) is 4.79 Å². The molecular formula is C17H24O. The van der Waals surface area contributed by atoms with Crippen LogP contribution >= 0.6 is 0 Å². The minimum absolute atomic E-state index is 0.119. The normalized spacial score (nSPS) is 18.5. The minimum atomic E-state index is 0.119. The Kier molecular flexibility index (Phi) is 4.98. The lowest BCUT2D eigenvalue weighted by Gasteiger charge is -2.23. The second-order valence-electron chi connectivity index (χ2n) is 5.55. The van der Waals surface area contributed by atoms with Gasteiger partial charge in [0.2, 0.25) is 0 Å². The van der Waals surface area contributed by atoms with Crippen molar-refractivity contribution in [3.8, 4) is 0 Å². The topological polar surface area (TPSA) is 17.1 Å². The van der Waals surface area contributed by atoms with Crippen molar-refractivity contribution in [1.29, 1.82) is 0 Å². The molecule has 1 aromatic rings. The highest BCUT2D eigenvalue weighted by Crippen LogP contribution is 2.30. The molecule has 0 bridgehead atoms. The van der Waals surface area contributed by atoms with Gasteiger partial charge < -0.3 is 0 Å². The molecular weight excluding hydrogens is 220 g/mol. The molecule has 0 heterocycles. The van der Waals surface area contributed by atoms with Gasteiger partial charge in [-0.05, 0) is 17.9 Å². The number of carbonyl (C=O) groups excluding carboxylic acids is 1. The highest BCUT2D eigenvalue weighted by molar-refractivity contribution is 5.85. The highest BCUT2D eigenvalue weighted by Gasteiger charge is 2.23. The highest BCUT2D eigenvalue weighted by atomic mass is 16.1. The summed E-state index contributed by atoms with van der Waals surface area (Å²) in [6, 6.07) is 10.3. The van der Waals surface area contributed by atoms with Crippen LogP contribution in [0, 0.1) is 5.92 Å². The van der Waals surface area contributed by atoms with Crippen LogP contribution in [0.2, 0.25) is 0 Å². The van der Waals surface area contributed by atoms with E-state index in [0.717, 1.165) is 12.8 Å². The van der Waals surface area contributed by atoms with Crippen molar-refractivity contribution < 1.29 is 4.79 Å². The van der Waals surface area contributed by atoms with Crippen LogP contribution in [0.5, 0.6) is 0 Å². The van der Waals surface area contributed by atoms with Gasteiger partial charge in [-0.2, -0.15) is 0 Å². The van der Waals surface area contributed by atoms with E-state index in [4.69, 9.17) is 0 Å². The molecule has 1 aromatic carbocycles. The second-order valence-corrected chi connectivity index (χ2v) is 5.55. The Labute approximate surface area is 111 Å². The van der Waals surface area contributed by atoms with Gasteiger partial charge in [-0.25, -0.2) is 0 Å². The van der Waals surface area contributed by atoms with Crippen LogP contribution in [0.1, 0.15) is 63.4 Å². The van der Waals surface area contributed by atoms with Crippen molar-refractivity contribution in [3.05, 3.63) is 35.9 Å². The molecule has 0 spiro atoms. The minimum Gasteiger partial charge on any atom is -0.299 e. The van der Waals surface area contributed by atoms with E-state index in [2.05, 4.69) is 19.1 Å². The molecule has 1 saturated carbocycles. The van der Waals surface area contributed by atoms with Crippen LogP contribution in [0.4, 0.5) is 0 Å². The van der Waals surface area contributed by atoms with Crippen molar-refractivity contribution in [2.24, 2.45) is 5.92 Å². The molecule has 0 radical (unpaired) electrons. The number of hydrogen-bond acceptors (Lipinski definition) is 1. The third-order valence-electron chi connectivity index (χ3n) is 4.21. The monoisotopic (exact) mass is 244 g/mol. The third-order valence-corrected chi connectivity index (χ3v) is 4.21. The van der Waals surface area contributed by atoms with E-state index < -0.39 is 0 Å². The lowest BCUT2D eigenvalue weighted by atomic mass is 9.81. The van der Waals surface area contributed by atoms with Gasteiger partial charge in [0, 0.05) is 12.3 Å². The van der Waals surface area contributed by atoms with Crippen LogP contribution in [0.15, 0.2) is 30.3 Å². The van der Waals surface area contributed by atoms with Crippen LogP contribution in [0.3, 0.4) is 0 Å². The average molecular weight is 244 g/mol. The van der Waals surface area contributed by atoms with Gasteiger partial charge in [0.15, 0.2) is 0 Å². The zero-order valence-corrected chi connectivity index (χ0v) is 11.4. The maximum Gasteiger partial charge on any atom is 0.140 e. The average Bonchev–Trinajstić information content (AvgIpc) is 2.42. The summed E-state index contributed by atoms with van der Waals surface area (Å²) in [6.45, 7) is 2.12. The van der Waals surface area contributed by atoms with Crippen LogP contribution in [0.25, 0.3) is 0 Å². The molecule has 0 saturated heterocycles. The molecule has 1 heteroatoms. The zero-order chi connectivity index (χ0) is 12.8. The van der Waals surface area contributed by atoms with Crippen LogP contribution < -0.4 is 0 Å². The van der Waals surface area contributed by atoms with Crippen molar-refractivity contribution in [2.45, 2.75) is 57.8 Å². The van der Waals surface area contributed by atoms with Gasteiger partial charge in [0.05, 0.1) is 0 Å². The lowest BCUT2D eigenvalue weighted by Crippen LogP contribution is -2.18. The first-order valence-electron chi connectivity index (χ1n) is 7.39. The molecule has 0 aromatic heterocycles. The maximum absolute atomic E-state index is 12.4. The summed E-state index contributed by atoms with van der Waals surface area (Å²) < 4.78 is 0. The molecule has 1 nitrogen and oxygen atoms in total. The molecule has 1 aliphatic rings. The van der Waals surface area contributed by atoms with E-state index in [1.165, 1.54) is 37.7 Å². The Bertz CT molecular complexity index is 362. The fourth-order valence-electron chi connectivity index (χ4n) is 3.15. The molecule has 1 aliphatic carbocycles. The molecule has 18 heavy (non-hydrogen) atoms. The Balaban J connectivity index is 1.97. The first-order chi connectivity index (χ1) is 8.81. The number of hydrogen-bond donors (Lipinski definition) is 0. The lowest BCUT2D eigenvalue weighted by molar-refractivity contribution is -0.121. The van der Waals surface area contributed by atoms with Gasteiger partial charge >= 0.3 is 0 Å². The standard InChI is InChI=1S/C17H24O/c1-2-16(15-11-7-4-8-12-15)17(18)13-14-9-5-3-6-10-14/h4,7-8,11-12,14,16H,2-3,5-6,9-10,13H2,1H3. The molecule has 1 atom stereocenters. The Morgan fingerprint density at radius 1 is 1.17 bits per heavy atom. The van der Waals surface area contributed by atoms with Gasteiger partial charge in [0.1, 0.15) is 5.78 Å². The van der Waals surface area contributed by atoms with Gasteiger partial charge in [-0.15, -0.1) is 0 Å².